The Balaban J connectivity index is 0.000000589. The number of aromatic nitrogens is 3. The zero-order valence-electron chi connectivity index (χ0n) is 18.5. The summed E-state index contributed by atoms with van der Waals surface area (Å²) in [6.07, 6.45) is 8.71. The SMILES string of the molecule is C=CNC.CN=C(N)c1c(C2=Cc3ncccc3C2)nc(C2CCN(C)CC2)n1C. The molecule has 0 saturated carbocycles. The van der Waals surface area contributed by atoms with Gasteiger partial charge >= 0.3 is 0 Å². The van der Waals surface area contributed by atoms with Crippen LogP contribution in [-0.4, -0.2) is 59.5 Å². The zero-order valence-corrected chi connectivity index (χ0v) is 18.5. The highest BCUT2D eigenvalue weighted by atomic mass is 15.1. The van der Waals surface area contributed by atoms with E-state index in [-0.39, 0.29) is 0 Å². The van der Waals surface area contributed by atoms with E-state index in [1.807, 2.05) is 19.3 Å². The van der Waals surface area contributed by atoms with Crippen LogP contribution in [0.5, 0.6) is 0 Å². The number of amidine groups is 1. The average molecular weight is 408 g/mol. The minimum atomic E-state index is 0.468. The molecule has 0 amide bonds. The number of nitrogens with one attached hydrogen (secondary N) is 1. The molecule has 2 aromatic heterocycles. The smallest absolute Gasteiger partial charge is 0.144 e. The maximum atomic E-state index is 6.27. The van der Waals surface area contributed by atoms with Crippen molar-refractivity contribution in [2.75, 3.05) is 34.2 Å². The van der Waals surface area contributed by atoms with E-state index in [0.29, 0.717) is 11.8 Å². The summed E-state index contributed by atoms with van der Waals surface area (Å²) in [6.45, 7) is 5.59. The molecule has 0 spiro atoms. The third-order valence-corrected chi connectivity index (χ3v) is 5.82. The maximum absolute atomic E-state index is 6.27. The van der Waals surface area contributed by atoms with Crippen molar-refractivity contribution in [1.82, 2.24) is 24.8 Å². The van der Waals surface area contributed by atoms with Gasteiger partial charge in [0, 0.05) is 39.7 Å². The number of fused-ring (bicyclic) bond motifs is 1. The van der Waals surface area contributed by atoms with Crippen molar-refractivity contribution in [3.63, 3.8) is 0 Å². The maximum Gasteiger partial charge on any atom is 0.144 e. The molecule has 1 aliphatic heterocycles. The lowest BCUT2D eigenvalue weighted by atomic mass is 9.96. The Hall–Kier alpha value is -2.93. The lowest BCUT2D eigenvalue weighted by Crippen LogP contribution is -2.30. The summed E-state index contributed by atoms with van der Waals surface area (Å²) in [5.41, 5.74) is 11.6. The van der Waals surface area contributed by atoms with Crippen molar-refractivity contribution < 1.29 is 0 Å². The second kappa shape index (κ2) is 9.71. The van der Waals surface area contributed by atoms with Crippen LogP contribution in [0, 0.1) is 0 Å². The van der Waals surface area contributed by atoms with Gasteiger partial charge in [-0.3, -0.25) is 9.98 Å². The van der Waals surface area contributed by atoms with E-state index in [1.165, 1.54) is 11.1 Å². The fourth-order valence-corrected chi connectivity index (χ4v) is 4.07. The summed E-state index contributed by atoms with van der Waals surface area (Å²) in [6, 6.07) is 4.12. The van der Waals surface area contributed by atoms with E-state index < -0.39 is 0 Å². The predicted molar refractivity (Wildman–Crippen MR) is 124 cm³/mol. The van der Waals surface area contributed by atoms with Gasteiger partial charge in [0.2, 0.25) is 0 Å². The van der Waals surface area contributed by atoms with Gasteiger partial charge in [-0.15, -0.1) is 0 Å². The van der Waals surface area contributed by atoms with Crippen LogP contribution in [0.4, 0.5) is 0 Å². The van der Waals surface area contributed by atoms with E-state index in [4.69, 9.17) is 10.7 Å². The standard InChI is InChI=1S/C20H26N6.C3H7N/c1-22-19(21)18-17(15-11-14-5-4-8-23-16(14)12-15)24-20(26(18)3)13-6-9-25(2)10-7-13;1-3-4-2/h4-5,8,12-13H,6-7,9-11H2,1-3H3,(H2,21,22);3-4H,1H2,2H3. The molecule has 1 fully saturated rings. The quantitative estimate of drug-likeness (QED) is 0.601. The number of rotatable bonds is 4. The van der Waals surface area contributed by atoms with Crippen molar-refractivity contribution in [1.29, 1.82) is 0 Å². The molecule has 0 atom stereocenters. The first-order valence-electron chi connectivity index (χ1n) is 10.4. The predicted octanol–water partition coefficient (Wildman–Crippen LogP) is 2.41. The van der Waals surface area contributed by atoms with Gasteiger partial charge in [-0.25, -0.2) is 4.98 Å². The lowest BCUT2D eigenvalue weighted by molar-refractivity contribution is 0.249. The van der Waals surface area contributed by atoms with E-state index >= 15 is 0 Å². The normalized spacial score (nSPS) is 17.1. The second-order valence-corrected chi connectivity index (χ2v) is 7.80. The molecule has 160 valence electrons. The third-order valence-electron chi connectivity index (χ3n) is 5.82. The Kier molecular flexibility index (Phi) is 7.05. The first kappa shape index (κ1) is 21.8. The molecule has 4 rings (SSSR count). The molecule has 3 N–H and O–H groups in total. The number of imidazole rings is 1. The number of hydrogen-bond donors (Lipinski definition) is 2. The number of piperidine rings is 1. The second-order valence-electron chi connectivity index (χ2n) is 7.80. The molecule has 0 unspecified atom stereocenters. The van der Waals surface area contributed by atoms with Crippen LogP contribution in [0.2, 0.25) is 0 Å². The minimum absolute atomic E-state index is 0.468. The fraction of sp³-hybridized carbons (Fsp3) is 0.435. The van der Waals surface area contributed by atoms with Gasteiger partial charge in [0.1, 0.15) is 17.4 Å². The summed E-state index contributed by atoms with van der Waals surface area (Å²) in [4.78, 5) is 16.2. The summed E-state index contributed by atoms with van der Waals surface area (Å²) in [7, 11) is 7.80. The molecule has 1 saturated heterocycles. The molecule has 30 heavy (non-hydrogen) atoms. The molecular weight excluding hydrogens is 374 g/mol. The third kappa shape index (κ3) is 4.46. The Labute approximate surface area is 179 Å². The van der Waals surface area contributed by atoms with Gasteiger partial charge in [0.25, 0.3) is 0 Å². The molecule has 1 aliphatic carbocycles. The van der Waals surface area contributed by atoms with Crippen LogP contribution >= 0.6 is 0 Å². The number of nitrogens with two attached hydrogens (primary N) is 1. The number of allylic oxidation sites excluding steroid dienone is 1. The summed E-state index contributed by atoms with van der Waals surface area (Å²) in [5, 5.41) is 2.69. The minimum Gasteiger partial charge on any atom is -0.394 e. The molecule has 0 aromatic carbocycles. The molecule has 0 bridgehead atoms. The van der Waals surface area contributed by atoms with Gasteiger partial charge in [0.15, 0.2) is 0 Å². The monoisotopic (exact) mass is 407 g/mol. The Morgan fingerprint density at radius 1 is 1.33 bits per heavy atom. The highest BCUT2D eigenvalue weighted by molar-refractivity contribution is 6.02. The molecule has 2 aromatic rings. The largest absolute Gasteiger partial charge is 0.394 e. The van der Waals surface area contributed by atoms with Gasteiger partial charge < -0.3 is 20.5 Å². The van der Waals surface area contributed by atoms with E-state index in [9.17, 15) is 0 Å². The Bertz CT molecular complexity index is 946. The van der Waals surface area contributed by atoms with Crippen molar-refractivity contribution in [2.45, 2.75) is 25.2 Å². The molecule has 2 aliphatic rings. The van der Waals surface area contributed by atoms with Gasteiger partial charge in [0.05, 0.1) is 11.4 Å². The van der Waals surface area contributed by atoms with Crippen molar-refractivity contribution >= 4 is 17.5 Å². The van der Waals surface area contributed by atoms with Crippen LogP contribution < -0.4 is 11.1 Å². The molecular formula is C23H33N7. The first-order chi connectivity index (χ1) is 14.5. The number of nitrogens with zero attached hydrogens (tertiary/aromatic N) is 5. The van der Waals surface area contributed by atoms with Crippen LogP contribution in [0.1, 0.15) is 47.2 Å². The van der Waals surface area contributed by atoms with E-state index in [1.54, 1.807) is 13.2 Å². The van der Waals surface area contributed by atoms with Crippen molar-refractivity contribution in [3.05, 3.63) is 59.6 Å². The summed E-state index contributed by atoms with van der Waals surface area (Å²) >= 11 is 0. The Morgan fingerprint density at radius 2 is 2.03 bits per heavy atom. The summed E-state index contributed by atoms with van der Waals surface area (Å²) in [5.74, 6) is 2.13. The number of likely N-dealkylation sites (tertiary alicyclic amines) is 1. The Morgan fingerprint density at radius 3 is 2.63 bits per heavy atom. The molecule has 3 heterocycles. The number of pyridine rings is 1. The van der Waals surface area contributed by atoms with Gasteiger partial charge in [-0.05, 0) is 62.5 Å². The van der Waals surface area contributed by atoms with Gasteiger partial charge in [-0.1, -0.05) is 12.6 Å². The van der Waals surface area contributed by atoms with E-state index in [2.05, 4.69) is 57.6 Å². The highest BCUT2D eigenvalue weighted by Crippen LogP contribution is 2.34. The first-order valence-corrected chi connectivity index (χ1v) is 10.4. The van der Waals surface area contributed by atoms with Crippen LogP contribution in [0.3, 0.4) is 0 Å². The van der Waals surface area contributed by atoms with Crippen LogP contribution in [0.15, 0.2) is 36.1 Å². The number of hydrogen-bond acceptors (Lipinski definition) is 5. The van der Waals surface area contributed by atoms with Crippen molar-refractivity contribution in [3.8, 4) is 0 Å². The van der Waals surface area contributed by atoms with Gasteiger partial charge in [-0.2, -0.15) is 0 Å². The molecule has 0 radical (unpaired) electrons. The number of aliphatic imine (C=N–C) groups is 1. The molecule has 7 heteroatoms. The fourth-order valence-electron chi connectivity index (χ4n) is 4.07. The average Bonchev–Trinajstić information content (AvgIpc) is 3.35. The van der Waals surface area contributed by atoms with Crippen LogP contribution in [-0.2, 0) is 13.5 Å². The van der Waals surface area contributed by atoms with Crippen molar-refractivity contribution in [2.24, 2.45) is 17.8 Å². The lowest BCUT2D eigenvalue weighted by Gasteiger charge is -2.28. The summed E-state index contributed by atoms with van der Waals surface area (Å²) < 4.78 is 2.16. The van der Waals surface area contributed by atoms with E-state index in [0.717, 1.165) is 55.3 Å². The van der Waals surface area contributed by atoms with Crippen LogP contribution in [0.25, 0.3) is 11.6 Å². The molecule has 7 nitrogen and oxygen atoms in total. The highest BCUT2D eigenvalue weighted by Gasteiger charge is 2.29. The zero-order chi connectivity index (χ0) is 21.7. The topological polar surface area (TPSA) is 84.4 Å².